The highest BCUT2D eigenvalue weighted by atomic mass is 19.1. The van der Waals surface area contributed by atoms with Crippen LogP contribution in [0.25, 0.3) is 0 Å². The van der Waals surface area contributed by atoms with E-state index in [9.17, 15) is 8.78 Å². The van der Waals surface area contributed by atoms with Crippen LogP contribution in [0.4, 0.5) is 8.78 Å². The lowest BCUT2D eigenvalue weighted by molar-refractivity contribution is 0.299. The lowest BCUT2D eigenvalue weighted by atomic mass is 9.91. The van der Waals surface area contributed by atoms with E-state index in [0.29, 0.717) is 33.8 Å². The van der Waals surface area contributed by atoms with Gasteiger partial charge in [-0.1, -0.05) is 31.2 Å². The van der Waals surface area contributed by atoms with E-state index in [1.54, 1.807) is 60.7 Å². The Bertz CT molecular complexity index is 1330. The molecule has 0 spiro atoms. The minimum absolute atomic E-state index is 0.0506. The summed E-state index contributed by atoms with van der Waals surface area (Å²) in [7, 11) is 0. The maximum Gasteiger partial charge on any atom is 0.130 e. The molecule has 36 heavy (non-hydrogen) atoms. The molecular weight excluding hydrogens is 458 g/mol. The fraction of sp³-hybridized carbons (Fsp3) is 0.133. The van der Waals surface area contributed by atoms with E-state index < -0.39 is 11.6 Å². The molecule has 0 aliphatic heterocycles. The molecule has 0 amide bonds. The molecule has 0 fully saturated rings. The van der Waals surface area contributed by atoms with Crippen molar-refractivity contribution in [3.63, 3.8) is 0 Å². The Labute approximate surface area is 208 Å². The molecule has 0 saturated carbocycles. The molecule has 4 aromatic rings. The molecule has 0 atom stereocenters. The lowest BCUT2D eigenvalue weighted by Gasteiger charge is -2.16. The Balaban J connectivity index is 1.39. The lowest BCUT2D eigenvalue weighted by Crippen LogP contribution is -2.04. The summed E-state index contributed by atoms with van der Waals surface area (Å²) in [4.78, 5) is 0. The standard InChI is InChI=1S/C30H22F2N2O2/c1-20(23-6-8-25(29(31)14-23)18-35-27-10-2-21(16-33)3-11-27)24-7-9-26(30(32)15-24)19-36-28-12-4-22(17-34)5-13-28/h2-15,20H,18-19H2,1H3. The summed E-state index contributed by atoms with van der Waals surface area (Å²) in [6, 6.07) is 27.1. The fourth-order valence-corrected chi connectivity index (χ4v) is 3.67. The highest BCUT2D eigenvalue weighted by Gasteiger charge is 2.14. The van der Waals surface area contributed by atoms with Crippen molar-refractivity contribution in [1.82, 2.24) is 0 Å². The van der Waals surface area contributed by atoms with Gasteiger partial charge < -0.3 is 9.47 Å². The molecule has 4 aromatic carbocycles. The van der Waals surface area contributed by atoms with Crippen LogP contribution in [0.5, 0.6) is 11.5 Å². The average molecular weight is 481 g/mol. The zero-order valence-electron chi connectivity index (χ0n) is 19.5. The molecule has 0 radical (unpaired) electrons. The van der Waals surface area contributed by atoms with Crippen molar-refractivity contribution in [2.45, 2.75) is 26.1 Å². The first-order valence-corrected chi connectivity index (χ1v) is 11.3. The van der Waals surface area contributed by atoms with Gasteiger partial charge in [-0.25, -0.2) is 8.78 Å². The predicted octanol–water partition coefficient (Wildman–Crippen LogP) is 7.02. The third-order valence-corrected chi connectivity index (χ3v) is 5.91. The van der Waals surface area contributed by atoms with Crippen molar-refractivity contribution < 1.29 is 18.3 Å². The molecule has 178 valence electrons. The zero-order valence-corrected chi connectivity index (χ0v) is 19.5. The van der Waals surface area contributed by atoms with Crippen LogP contribution in [0, 0.1) is 34.3 Å². The van der Waals surface area contributed by atoms with E-state index in [2.05, 4.69) is 0 Å². The summed E-state index contributed by atoms with van der Waals surface area (Å²) in [5, 5.41) is 17.7. The number of ether oxygens (including phenoxy) is 2. The third kappa shape index (κ3) is 5.87. The average Bonchev–Trinajstić information content (AvgIpc) is 2.91. The molecule has 0 bridgehead atoms. The van der Waals surface area contributed by atoms with Gasteiger partial charge in [0.15, 0.2) is 0 Å². The summed E-state index contributed by atoms with van der Waals surface area (Å²) in [6.45, 7) is 1.99. The summed E-state index contributed by atoms with van der Waals surface area (Å²) in [5.74, 6) is 0.0620. The topological polar surface area (TPSA) is 66.0 Å². The molecule has 0 saturated heterocycles. The molecule has 0 unspecified atom stereocenters. The van der Waals surface area contributed by atoms with Crippen LogP contribution in [-0.4, -0.2) is 0 Å². The van der Waals surface area contributed by atoms with Gasteiger partial charge in [0.1, 0.15) is 36.3 Å². The van der Waals surface area contributed by atoms with E-state index in [4.69, 9.17) is 20.0 Å². The minimum atomic E-state index is -0.402. The van der Waals surface area contributed by atoms with Gasteiger partial charge in [-0.2, -0.15) is 10.5 Å². The quantitative estimate of drug-likeness (QED) is 0.272. The first-order valence-electron chi connectivity index (χ1n) is 11.3. The monoisotopic (exact) mass is 480 g/mol. The number of nitrogens with zero attached hydrogens (tertiary/aromatic N) is 2. The molecule has 0 heterocycles. The van der Waals surface area contributed by atoms with Crippen molar-refractivity contribution in [3.8, 4) is 23.6 Å². The second-order valence-electron chi connectivity index (χ2n) is 8.27. The Morgan fingerprint density at radius 3 is 1.36 bits per heavy atom. The van der Waals surface area contributed by atoms with Crippen LogP contribution in [0.1, 0.15) is 46.2 Å². The maximum absolute atomic E-state index is 14.8. The molecular formula is C30H22F2N2O2. The van der Waals surface area contributed by atoms with E-state index in [0.717, 1.165) is 11.1 Å². The van der Waals surface area contributed by atoms with E-state index in [1.807, 2.05) is 31.2 Å². The second kappa shape index (κ2) is 11.2. The van der Waals surface area contributed by atoms with Gasteiger partial charge in [0.05, 0.1) is 23.3 Å². The molecule has 0 aromatic heterocycles. The largest absolute Gasteiger partial charge is 0.489 e. The number of nitriles is 2. The van der Waals surface area contributed by atoms with Gasteiger partial charge in [0.25, 0.3) is 0 Å². The van der Waals surface area contributed by atoms with Crippen molar-refractivity contribution in [2.24, 2.45) is 0 Å². The van der Waals surface area contributed by atoms with Gasteiger partial charge in [0.2, 0.25) is 0 Å². The van der Waals surface area contributed by atoms with Crippen LogP contribution in [0.3, 0.4) is 0 Å². The van der Waals surface area contributed by atoms with Crippen molar-refractivity contribution in [1.29, 1.82) is 10.5 Å². The second-order valence-corrected chi connectivity index (χ2v) is 8.27. The minimum Gasteiger partial charge on any atom is -0.489 e. The summed E-state index contributed by atoms with van der Waals surface area (Å²) in [5.41, 5.74) is 3.28. The zero-order chi connectivity index (χ0) is 25.5. The molecule has 4 nitrogen and oxygen atoms in total. The molecule has 0 aliphatic carbocycles. The number of benzene rings is 4. The smallest absolute Gasteiger partial charge is 0.130 e. The van der Waals surface area contributed by atoms with Crippen LogP contribution in [0.2, 0.25) is 0 Å². The van der Waals surface area contributed by atoms with Crippen LogP contribution >= 0.6 is 0 Å². The van der Waals surface area contributed by atoms with Crippen LogP contribution < -0.4 is 9.47 Å². The van der Waals surface area contributed by atoms with Crippen molar-refractivity contribution >= 4 is 0 Å². The summed E-state index contributed by atoms with van der Waals surface area (Å²) < 4.78 is 40.8. The Kier molecular flexibility index (Phi) is 7.58. The SMILES string of the molecule is CC(c1ccc(COc2ccc(C#N)cc2)c(F)c1)c1ccc(COc2ccc(C#N)cc2)c(F)c1. The number of hydrogen-bond donors (Lipinski definition) is 0. The van der Waals surface area contributed by atoms with Gasteiger partial charge in [-0.15, -0.1) is 0 Å². The predicted molar refractivity (Wildman–Crippen MR) is 131 cm³/mol. The summed E-state index contributed by atoms with van der Waals surface area (Å²) in [6.07, 6.45) is 0. The molecule has 0 N–H and O–H groups in total. The number of rotatable bonds is 8. The molecule has 0 aliphatic rings. The third-order valence-electron chi connectivity index (χ3n) is 5.91. The van der Waals surface area contributed by atoms with Crippen molar-refractivity contribution in [2.75, 3.05) is 0 Å². The maximum atomic E-state index is 14.8. The van der Waals surface area contributed by atoms with Crippen molar-refractivity contribution in [3.05, 3.63) is 130 Å². The normalized spacial score (nSPS) is 10.5. The van der Waals surface area contributed by atoms with Gasteiger partial charge in [-0.05, 0) is 71.8 Å². The van der Waals surface area contributed by atoms with Gasteiger partial charge in [-0.3, -0.25) is 0 Å². The van der Waals surface area contributed by atoms with Gasteiger partial charge in [0, 0.05) is 17.0 Å². The summed E-state index contributed by atoms with van der Waals surface area (Å²) >= 11 is 0. The number of hydrogen-bond acceptors (Lipinski definition) is 4. The first kappa shape index (κ1) is 24.4. The Morgan fingerprint density at radius 1 is 0.639 bits per heavy atom. The molecule has 4 rings (SSSR count). The Hall–Kier alpha value is -4.68. The van der Waals surface area contributed by atoms with E-state index in [-0.39, 0.29) is 19.1 Å². The van der Waals surface area contributed by atoms with Crippen LogP contribution in [0.15, 0.2) is 84.9 Å². The van der Waals surface area contributed by atoms with E-state index in [1.165, 1.54) is 12.1 Å². The number of halogens is 2. The fourth-order valence-electron chi connectivity index (χ4n) is 3.67. The Morgan fingerprint density at radius 2 is 1.03 bits per heavy atom. The highest BCUT2D eigenvalue weighted by molar-refractivity contribution is 5.38. The van der Waals surface area contributed by atoms with Gasteiger partial charge >= 0.3 is 0 Å². The van der Waals surface area contributed by atoms with Crippen LogP contribution in [-0.2, 0) is 13.2 Å². The highest BCUT2D eigenvalue weighted by Crippen LogP contribution is 2.28. The first-order chi connectivity index (χ1) is 17.5. The molecule has 6 heteroatoms. The van der Waals surface area contributed by atoms with E-state index >= 15 is 0 Å².